The molecule has 2 aromatic rings. The zero-order chi connectivity index (χ0) is 14.7. The molecule has 22 heavy (non-hydrogen) atoms. The third kappa shape index (κ3) is 4.09. The van der Waals surface area contributed by atoms with Crippen LogP contribution in [0.3, 0.4) is 0 Å². The van der Waals surface area contributed by atoms with E-state index in [1.54, 1.807) is 6.26 Å². The van der Waals surface area contributed by atoms with E-state index in [9.17, 15) is 0 Å². The lowest BCUT2D eigenvalue weighted by Crippen LogP contribution is -2.39. The van der Waals surface area contributed by atoms with Crippen molar-refractivity contribution in [2.24, 2.45) is 11.7 Å². The molecule has 5 heteroatoms. The van der Waals surface area contributed by atoms with Crippen LogP contribution < -0.4 is 5.73 Å². The van der Waals surface area contributed by atoms with Crippen LogP contribution in [0, 0.1) is 5.92 Å². The van der Waals surface area contributed by atoms with E-state index in [1.165, 1.54) is 12.8 Å². The quantitative estimate of drug-likeness (QED) is 0.938. The van der Waals surface area contributed by atoms with Crippen molar-refractivity contribution in [3.05, 3.63) is 42.3 Å². The monoisotopic (exact) mass is 321 g/mol. The Morgan fingerprint density at radius 2 is 1.95 bits per heavy atom. The van der Waals surface area contributed by atoms with Crippen LogP contribution in [0.1, 0.15) is 25.5 Å². The Hall–Kier alpha value is -1.36. The Morgan fingerprint density at radius 1 is 1.27 bits per heavy atom. The summed E-state index contributed by atoms with van der Waals surface area (Å²) in [5.41, 5.74) is 8.02. The molecule has 3 rings (SSSR count). The van der Waals surface area contributed by atoms with Crippen LogP contribution in [-0.4, -0.2) is 29.0 Å². The van der Waals surface area contributed by atoms with Crippen LogP contribution >= 0.6 is 12.4 Å². The largest absolute Gasteiger partial charge is 0.444 e. The van der Waals surface area contributed by atoms with Crippen LogP contribution in [0.5, 0.6) is 0 Å². The molecule has 1 unspecified atom stereocenters. The van der Waals surface area contributed by atoms with Crippen molar-refractivity contribution >= 4 is 12.4 Å². The van der Waals surface area contributed by atoms with Crippen LogP contribution in [0.25, 0.3) is 11.5 Å². The minimum Gasteiger partial charge on any atom is -0.444 e. The van der Waals surface area contributed by atoms with E-state index >= 15 is 0 Å². The summed E-state index contributed by atoms with van der Waals surface area (Å²) >= 11 is 0. The number of aromatic nitrogens is 1. The summed E-state index contributed by atoms with van der Waals surface area (Å²) in [6.07, 6.45) is 4.14. The van der Waals surface area contributed by atoms with E-state index in [4.69, 9.17) is 10.2 Å². The average Bonchev–Trinajstić information content (AvgIpc) is 2.97. The van der Waals surface area contributed by atoms with E-state index < -0.39 is 0 Å². The first-order valence-corrected chi connectivity index (χ1v) is 7.70. The Balaban J connectivity index is 0.00000176. The first-order chi connectivity index (χ1) is 10.2. The maximum absolute atomic E-state index is 5.99. The van der Waals surface area contributed by atoms with Crippen molar-refractivity contribution in [2.75, 3.05) is 13.1 Å². The van der Waals surface area contributed by atoms with E-state index in [2.05, 4.69) is 16.8 Å². The Kier molecular flexibility index (Phi) is 6.00. The molecule has 0 saturated carbocycles. The molecule has 1 saturated heterocycles. The first-order valence-electron chi connectivity index (χ1n) is 7.70. The molecule has 0 bridgehead atoms. The SMILES string of the molecule is CC(N)C1CCN(Cc2coc(-c3ccccc3)n2)CC1.Cl. The molecule has 0 radical (unpaired) electrons. The Bertz CT molecular complexity index is 562. The molecule has 0 spiro atoms. The third-order valence-corrected chi connectivity index (χ3v) is 4.33. The van der Waals surface area contributed by atoms with Gasteiger partial charge in [0.15, 0.2) is 0 Å². The summed E-state index contributed by atoms with van der Waals surface area (Å²) in [7, 11) is 0. The second-order valence-electron chi connectivity index (χ2n) is 5.98. The number of likely N-dealkylation sites (tertiary alicyclic amines) is 1. The van der Waals surface area contributed by atoms with Crippen LogP contribution in [0.2, 0.25) is 0 Å². The van der Waals surface area contributed by atoms with E-state index in [0.717, 1.165) is 30.9 Å². The predicted molar refractivity (Wildman–Crippen MR) is 90.8 cm³/mol. The fourth-order valence-electron chi connectivity index (χ4n) is 2.96. The van der Waals surface area contributed by atoms with Crippen molar-refractivity contribution in [3.8, 4) is 11.5 Å². The molecule has 0 amide bonds. The minimum atomic E-state index is 0. The minimum absolute atomic E-state index is 0. The number of rotatable bonds is 4. The fraction of sp³-hybridized carbons (Fsp3) is 0.471. The van der Waals surface area contributed by atoms with E-state index in [1.807, 2.05) is 30.3 Å². The van der Waals surface area contributed by atoms with Gasteiger partial charge in [-0.3, -0.25) is 4.90 Å². The average molecular weight is 322 g/mol. The van der Waals surface area contributed by atoms with Gasteiger partial charge in [0, 0.05) is 18.2 Å². The molecule has 1 aromatic carbocycles. The summed E-state index contributed by atoms with van der Waals surface area (Å²) in [5.74, 6) is 1.37. The van der Waals surface area contributed by atoms with Crippen LogP contribution in [0.15, 0.2) is 41.0 Å². The second-order valence-corrected chi connectivity index (χ2v) is 5.98. The fourth-order valence-corrected chi connectivity index (χ4v) is 2.96. The molecule has 2 heterocycles. The predicted octanol–water partition coefficient (Wildman–Crippen LogP) is 3.32. The molecular weight excluding hydrogens is 298 g/mol. The Morgan fingerprint density at radius 3 is 2.59 bits per heavy atom. The van der Waals surface area contributed by atoms with Crippen molar-refractivity contribution in [1.29, 1.82) is 0 Å². The molecule has 120 valence electrons. The molecule has 0 aliphatic carbocycles. The van der Waals surface area contributed by atoms with Gasteiger partial charge in [0.05, 0.1) is 5.69 Å². The summed E-state index contributed by atoms with van der Waals surface area (Å²) < 4.78 is 5.59. The number of hydrogen-bond donors (Lipinski definition) is 1. The molecule has 1 atom stereocenters. The van der Waals surface area contributed by atoms with E-state index in [-0.39, 0.29) is 12.4 Å². The third-order valence-electron chi connectivity index (χ3n) is 4.33. The molecule has 1 aromatic heterocycles. The van der Waals surface area contributed by atoms with E-state index in [0.29, 0.717) is 17.9 Å². The van der Waals surface area contributed by atoms with Gasteiger partial charge in [0.25, 0.3) is 0 Å². The highest BCUT2D eigenvalue weighted by molar-refractivity contribution is 5.85. The van der Waals surface area contributed by atoms with Gasteiger partial charge in [-0.15, -0.1) is 12.4 Å². The standard InChI is InChI=1S/C17H23N3O.ClH/c1-13(18)14-7-9-20(10-8-14)11-16-12-21-17(19-16)15-5-3-2-4-6-15;/h2-6,12-14H,7-11,18H2,1H3;1H. The smallest absolute Gasteiger partial charge is 0.226 e. The number of nitrogens with zero attached hydrogens (tertiary/aromatic N) is 2. The van der Waals surface area contributed by atoms with Gasteiger partial charge < -0.3 is 10.2 Å². The highest BCUT2D eigenvalue weighted by atomic mass is 35.5. The maximum atomic E-state index is 5.99. The number of piperidine rings is 1. The lowest BCUT2D eigenvalue weighted by molar-refractivity contribution is 0.164. The number of oxazole rings is 1. The lowest BCUT2D eigenvalue weighted by atomic mass is 9.91. The van der Waals surface area contributed by atoms with Crippen LogP contribution in [0.4, 0.5) is 0 Å². The first kappa shape index (κ1) is 17.0. The molecule has 4 nitrogen and oxygen atoms in total. The van der Waals surface area contributed by atoms with Gasteiger partial charge in [-0.05, 0) is 50.9 Å². The molecule has 2 N–H and O–H groups in total. The number of nitrogens with two attached hydrogens (primary N) is 1. The van der Waals surface area contributed by atoms with Gasteiger partial charge in [-0.2, -0.15) is 0 Å². The van der Waals surface area contributed by atoms with Crippen molar-refractivity contribution < 1.29 is 4.42 Å². The second kappa shape index (κ2) is 7.77. The van der Waals surface area contributed by atoms with Crippen molar-refractivity contribution in [2.45, 2.75) is 32.4 Å². The molecule has 1 aliphatic rings. The van der Waals surface area contributed by atoms with Gasteiger partial charge in [-0.1, -0.05) is 18.2 Å². The summed E-state index contributed by atoms with van der Waals surface area (Å²) in [5, 5.41) is 0. The number of benzene rings is 1. The Labute approximate surface area is 138 Å². The number of halogens is 1. The molecule has 1 fully saturated rings. The van der Waals surface area contributed by atoms with Gasteiger partial charge in [0.1, 0.15) is 6.26 Å². The van der Waals surface area contributed by atoms with Crippen molar-refractivity contribution in [1.82, 2.24) is 9.88 Å². The lowest BCUT2D eigenvalue weighted by Gasteiger charge is -2.33. The zero-order valence-corrected chi connectivity index (χ0v) is 13.8. The zero-order valence-electron chi connectivity index (χ0n) is 12.9. The molecular formula is C17H24ClN3O. The van der Waals surface area contributed by atoms with Crippen LogP contribution in [-0.2, 0) is 6.54 Å². The maximum Gasteiger partial charge on any atom is 0.226 e. The van der Waals surface area contributed by atoms with Gasteiger partial charge >= 0.3 is 0 Å². The highest BCUT2D eigenvalue weighted by Crippen LogP contribution is 2.22. The van der Waals surface area contributed by atoms with Crippen molar-refractivity contribution in [3.63, 3.8) is 0 Å². The normalized spacial score (nSPS) is 17.9. The summed E-state index contributed by atoms with van der Waals surface area (Å²) in [4.78, 5) is 7.03. The highest BCUT2D eigenvalue weighted by Gasteiger charge is 2.22. The topological polar surface area (TPSA) is 55.3 Å². The molecule has 1 aliphatic heterocycles. The van der Waals surface area contributed by atoms with Gasteiger partial charge in [0.2, 0.25) is 5.89 Å². The van der Waals surface area contributed by atoms with Gasteiger partial charge in [-0.25, -0.2) is 4.98 Å². The number of hydrogen-bond acceptors (Lipinski definition) is 4. The summed E-state index contributed by atoms with van der Waals surface area (Å²) in [6.45, 7) is 5.17. The summed E-state index contributed by atoms with van der Waals surface area (Å²) in [6, 6.07) is 10.3.